The van der Waals surface area contributed by atoms with Crippen LogP contribution in [0.25, 0.3) is 0 Å². The number of amides is 1. The summed E-state index contributed by atoms with van der Waals surface area (Å²) in [7, 11) is 0. The average molecular weight is 311 g/mol. The van der Waals surface area contributed by atoms with E-state index in [9.17, 15) is 9.59 Å². The highest BCUT2D eigenvalue weighted by Crippen LogP contribution is 2.27. The summed E-state index contributed by atoms with van der Waals surface area (Å²) >= 11 is 6.39. The van der Waals surface area contributed by atoms with Crippen molar-refractivity contribution in [3.8, 4) is 0 Å². The van der Waals surface area contributed by atoms with Crippen LogP contribution in [0.4, 0.5) is 5.69 Å². The molecular weight excluding hydrogens is 292 g/mol. The van der Waals surface area contributed by atoms with Crippen molar-refractivity contribution in [2.45, 2.75) is 31.2 Å². The number of carboxylic acids is 1. The normalized spacial score (nSPS) is 20.2. The van der Waals surface area contributed by atoms with Gasteiger partial charge in [0.1, 0.15) is 6.04 Å². The number of nitrogens with zero attached hydrogens (tertiary/aromatic N) is 1. The molecule has 6 heteroatoms. The zero-order chi connectivity index (χ0) is 15.4. The molecule has 0 radical (unpaired) electrons. The summed E-state index contributed by atoms with van der Waals surface area (Å²) < 4.78 is 0. The highest BCUT2D eigenvalue weighted by molar-refractivity contribution is 6.21. The maximum absolute atomic E-state index is 11.2. The predicted octanol–water partition coefficient (Wildman–Crippen LogP) is 2.47. The second-order valence-electron chi connectivity index (χ2n) is 5.26. The zero-order valence-electron chi connectivity index (χ0n) is 11.9. The van der Waals surface area contributed by atoms with Crippen LogP contribution in [0.2, 0.25) is 0 Å². The van der Waals surface area contributed by atoms with Crippen LogP contribution in [-0.2, 0) is 9.59 Å². The lowest BCUT2D eigenvalue weighted by Gasteiger charge is -2.23. The minimum Gasteiger partial charge on any atom is -0.480 e. The number of aliphatic carboxylic acids is 1. The number of halogens is 1. The fourth-order valence-corrected chi connectivity index (χ4v) is 2.94. The second-order valence-corrected chi connectivity index (χ2v) is 5.79. The Kier molecular flexibility index (Phi) is 5.20. The van der Waals surface area contributed by atoms with E-state index >= 15 is 0 Å². The quantitative estimate of drug-likeness (QED) is 0.820. The molecule has 1 amide bonds. The van der Waals surface area contributed by atoms with Gasteiger partial charge in [0, 0.05) is 19.2 Å². The first kappa shape index (κ1) is 15.8. The van der Waals surface area contributed by atoms with Crippen LogP contribution < -0.4 is 5.32 Å². The number of carbonyl (C=O) groups excluding carboxylic acids is 1. The summed E-state index contributed by atoms with van der Waals surface area (Å²) in [5.41, 5.74) is 1.64. The van der Waals surface area contributed by atoms with Crippen molar-refractivity contribution in [1.82, 2.24) is 4.90 Å². The topological polar surface area (TPSA) is 69.6 Å². The smallest absolute Gasteiger partial charge is 0.320 e. The first-order valence-electron chi connectivity index (χ1n) is 6.96. The third-order valence-electron chi connectivity index (χ3n) is 3.64. The number of hydrogen-bond acceptors (Lipinski definition) is 3. The zero-order valence-corrected chi connectivity index (χ0v) is 12.6. The van der Waals surface area contributed by atoms with Gasteiger partial charge in [0.05, 0.1) is 5.38 Å². The third-order valence-corrected chi connectivity index (χ3v) is 4.03. The lowest BCUT2D eigenvalue weighted by atomic mass is 10.1. The first-order chi connectivity index (χ1) is 9.97. The molecule has 2 N–H and O–H groups in total. The van der Waals surface area contributed by atoms with Gasteiger partial charge in [-0.25, -0.2) is 0 Å². The van der Waals surface area contributed by atoms with E-state index in [2.05, 4.69) is 5.32 Å². The first-order valence-corrected chi connectivity index (χ1v) is 7.39. The molecule has 1 heterocycles. The van der Waals surface area contributed by atoms with Crippen molar-refractivity contribution in [3.63, 3.8) is 0 Å². The molecule has 21 heavy (non-hydrogen) atoms. The molecule has 1 aromatic rings. The summed E-state index contributed by atoms with van der Waals surface area (Å²) in [4.78, 5) is 24.0. The summed E-state index contributed by atoms with van der Waals surface area (Å²) in [5, 5.41) is 11.6. The summed E-state index contributed by atoms with van der Waals surface area (Å²) in [5.74, 6) is -0.899. The molecule has 0 bridgehead atoms. The van der Waals surface area contributed by atoms with Crippen LogP contribution in [-0.4, -0.2) is 41.0 Å². The monoisotopic (exact) mass is 310 g/mol. The number of likely N-dealkylation sites (tertiary alicyclic amines) is 1. The SMILES string of the molecule is CC(=O)Nc1ccc(C(Cl)CN2CCCC2C(=O)O)cc1. The summed E-state index contributed by atoms with van der Waals surface area (Å²) in [6.07, 6.45) is 1.57. The second kappa shape index (κ2) is 6.91. The summed E-state index contributed by atoms with van der Waals surface area (Å²) in [6, 6.07) is 6.88. The number of benzene rings is 1. The minimum absolute atomic E-state index is 0.119. The fraction of sp³-hybridized carbons (Fsp3) is 0.467. The Balaban J connectivity index is 1.98. The lowest BCUT2D eigenvalue weighted by Crippen LogP contribution is -2.37. The Labute approximate surface area is 128 Å². The lowest BCUT2D eigenvalue weighted by molar-refractivity contribution is -0.142. The van der Waals surface area contributed by atoms with Gasteiger partial charge in [-0.1, -0.05) is 12.1 Å². The van der Waals surface area contributed by atoms with Gasteiger partial charge in [-0.3, -0.25) is 14.5 Å². The Morgan fingerprint density at radius 3 is 2.67 bits per heavy atom. The molecule has 1 aromatic carbocycles. The van der Waals surface area contributed by atoms with Crippen LogP contribution in [0.3, 0.4) is 0 Å². The van der Waals surface area contributed by atoms with Gasteiger partial charge in [-0.2, -0.15) is 0 Å². The van der Waals surface area contributed by atoms with Crippen LogP contribution in [0.15, 0.2) is 24.3 Å². The molecule has 1 fully saturated rings. The highest BCUT2D eigenvalue weighted by Gasteiger charge is 2.31. The van der Waals surface area contributed by atoms with Crippen molar-refractivity contribution in [2.24, 2.45) is 0 Å². The van der Waals surface area contributed by atoms with Crippen molar-refractivity contribution in [2.75, 3.05) is 18.4 Å². The van der Waals surface area contributed by atoms with E-state index < -0.39 is 12.0 Å². The predicted molar refractivity (Wildman–Crippen MR) is 81.6 cm³/mol. The number of alkyl halides is 1. The van der Waals surface area contributed by atoms with Gasteiger partial charge in [0.2, 0.25) is 5.91 Å². The van der Waals surface area contributed by atoms with Gasteiger partial charge in [-0.05, 0) is 37.1 Å². The molecule has 1 saturated heterocycles. The minimum atomic E-state index is -0.780. The van der Waals surface area contributed by atoms with Crippen LogP contribution in [0.5, 0.6) is 0 Å². The molecule has 5 nitrogen and oxygen atoms in total. The number of hydrogen-bond donors (Lipinski definition) is 2. The Morgan fingerprint density at radius 1 is 1.43 bits per heavy atom. The Bertz CT molecular complexity index is 518. The van der Waals surface area contributed by atoms with E-state index in [1.807, 2.05) is 17.0 Å². The van der Waals surface area contributed by atoms with E-state index in [1.54, 1.807) is 12.1 Å². The molecule has 2 rings (SSSR count). The maximum Gasteiger partial charge on any atom is 0.320 e. The van der Waals surface area contributed by atoms with Crippen molar-refractivity contribution in [1.29, 1.82) is 0 Å². The van der Waals surface area contributed by atoms with E-state index in [4.69, 9.17) is 16.7 Å². The molecule has 1 aliphatic rings. The number of nitrogens with one attached hydrogen (secondary N) is 1. The summed E-state index contributed by atoms with van der Waals surface area (Å²) in [6.45, 7) is 2.74. The standard InChI is InChI=1S/C15H19ClN2O3/c1-10(19)17-12-6-4-11(5-7-12)13(16)9-18-8-2-3-14(18)15(20)21/h4-7,13-14H,2-3,8-9H2,1H3,(H,17,19)(H,20,21). The van der Waals surface area contributed by atoms with Gasteiger partial charge in [-0.15, -0.1) is 11.6 Å². The number of carboxylic acid groups (broad SMARTS) is 1. The largest absolute Gasteiger partial charge is 0.480 e. The van der Waals surface area contributed by atoms with Crippen molar-refractivity contribution >= 4 is 29.2 Å². The molecule has 2 atom stereocenters. The molecule has 1 aliphatic heterocycles. The van der Waals surface area contributed by atoms with Crippen LogP contribution in [0.1, 0.15) is 30.7 Å². The van der Waals surface area contributed by atoms with Crippen LogP contribution in [0, 0.1) is 0 Å². The molecular formula is C15H19ClN2O3. The Morgan fingerprint density at radius 2 is 2.10 bits per heavy atom. The van der Waals surface area contributed by atoms with E-state index in [1.165, 1.54) is 6.92 Å². The van der Waals surface area contributed by atoms with Gasteiger partial charge in [0.15, 0.2) is 0 Å². The third kappa shape index (κ3) is 4.19. The number of anilines is 1. The number of rotatable bonds is 5. The van der Waals surface area contributed by atoms with E-state index in [0.717, 1.165) is 24.2 Å². The van der Waals surface area contributed by atoms with Gasteiger partial charge in [0.25, 0.3) is 0 Å². The van der Waals surface area contributed by atoms with Crippen LogP contribution >= 0.6 is 11.6 Å². The van der Waals surface area contributed by atoms with Gasteiger partial charge >= 0.3 is 5.97 Å². The molecule has 0 spiro atoms. The molecule has 114 valence electrons. The van der Waals surface area contributed by atoms with Crippen molar-refractivity contribution in [3.05, 3.63) is 29.8 Å². The van der Waals surface area contributed by atoms with Crippen molar-refractivity contribution < 1.29 is 14.7 Å². The highest BCUT2D eigenvalue weighted by atomic mass is 35.5. The fourth-order valence-electron chi connectivity index (χ4n) is 2.61. The number of carbonyl (C=O) groups is 2. The van der Waals surface area contributed by atoms with E-state index in [-0.39, 0.29) is 11.3 Å². The average Bonchev–Trinajstić information content (AvgIpc) is 2.87. The molecule has 2 unspecified atom stereocenters. The Hall–Kier alpha value is -1.59. The molecule has 0 aromatic heterocycles. The molecule has 0 saturated carbocycles. The molecule has 0 aliphatic carbocycles. The van der Waals surface area contributed by atoms with E-state index in [0.29, 0.717) is 13.0 Å². The maximum atomic E-state index is 11.2. The van der Waals surface area contributed by atoms with Gasteiger partial charge < -0.3 is 10.4 Å².